The molecular weight excluding hydrogens is 444 g/mol. The largest absolute Gasteiger partial charge is 0.490 e. The van der Waals surface area contributed by atoms with Gasteiger partial charge in [-0.2, -0.15) is 0 Å². The second kappa shape index (κ2) is 8.86. The number of likely N-dealkylation sites (N-methyl/N-ethyl adjacent to an activating group) is 1. The number of nitrogens with zero attached hydrogens (tertiary/aromatic N) is 1. The van der Waals surface area contributed by atoms with Gasteiger partial charge in [0.05, 0.1) is 24.1 Å². The average Bonchev–Trinajstić information content (AvgIpc) is 3.29. The van der Waals surface area contributed by atoms with Crippen LogP contribution in [0, 0.1) is 0 Å². The van der Waals surface area contributed by atoms with E-state index in [0.717, 1.165) is 0 Å². The molecule has 0 spiro atoms. The quantitative estimate of drug-likeness (QED) is 0.702. The van der Waals surface area contributed by atoms with E-state index in [4.69, 9.17) is 24.1 Å². The van der Waals surface area contributed by atoms with Gasteiger partial charge >= 0.3 is 5.97 Å². The summed E-state index contributed by atoms with van der Waals surface area (Å²) >= 11 is 0. The number of hydrogen-bond acceptors (Lipinski definition) is 7. The van der Waals surface area contributed by atoms with Gasteiger partial charge in [-0.1, -0.05) is 0 Å². The van der Waals surface area contributed by atoms with Crippen molar-refractivity contribution in [2.45, 2.75) is 37.5 Å². The van der Waals surface area contributed by atoms with E-state index in [9.17, 15) is 14.4 Å². The van der Waals surface area contributed by atoms with Crippen molar-refractivity contribution in [3.05, 3.63) is 47.5 Å². The number of carbonyl (C=O) groups is 3. The van der Waals surface area contributed by atoms with Gasteiger partial charge in [-0.15, -0.1) is 0 Å². The molecule has 2 amide bonds. The molecule has 3 heterocycles. The van der Waals surface area contributed by atoms with Crippen molar-refractivity contribution in [2.24, 2.45) is 0 Å². The summed E-state index contributed by atoms with van der Waals surface area (Å²) in [6, 6.07) is 9.56. The van der Waals surface area contributed by atoms with Crippen LogP contribution >= 0.6 is 0 Å². The van der Waals surface area contributed by atoms with Gasteiger partial charge in [0.1, 0.15) is 18.5 Å². The number of carbonyl (C=O) groups excluding carboxylic acids is 2. The fourth-order valence-corrected chi connectivity index (χ4v) is 4.54. The van der Waals surface area contributed by atoms with E-state index in [1.807, 2.05) is 0 Å². The van der Waals surface area contributed by atoms with Crippen molar-refractivity contribution in [3.63, 3.8) is 0 Å². The highest BCUT2D eigenvalue weighted by atomic mass is 16.7. The maximum Gasteiger partial charge on any atom is 0.305 e. The molecule has 5 rings (SSSR count). The Bertz CT molecular complexity index is 1150. The van der Waals surface area contributed by atoms with Crippen LogP contribution in [0.15, 0.2) is 36.4 Å². The maximum atomic E-state index is 13.3. The topological polar surface area (TPSA) is 124 Å². The molecule has 0 saturated carbocycles. The standard InChI is InChI=1S/C24H24N2O8/c1-26-17-5-4-15(10-22(27)28)34-21(17)11-31-18-7-3-14(9-16(18)24(26)30)25-23(29)13-2-6-19-20(8-13)33-12-32-19/h2-3,6-9,15,17,21H,4-5,10-12H2,1H3,(H,25,29)(H,27,28)/t15-,17-,21-/m1/s1. The molecule has 0 radical (unpaired) electrons. The fourth-order valence-electron chi connectivity index (χ4n) is 4.54. The van der Waals surface area contributed by atoms with E-state index in [1.165, 1.54) is 0 Å². The van der Waals surface area contributed by atoms with E-state index < -0.39 is 18.2 Å². The van der Waals surface area contributed by atoms with Crippen molar-refractivity contribution in [1.29, 1.82) is 0 Å². The second-order valence-electron chi connectivity index (χ2n) is 8.50. The van der Waals surface area contributed by atoms with Gasteiger partial charge in [-0.05, 0) is 49.2 Å². The number of aliphatic carboxylic acids is 1. The average molecular weight is 468 g/mol. The predicted molar refractivity (Wildman–Crippen MR) is 118 cm³/mol. The summed E-state index contributed by atoms with van der Waals surface area (Å²) in [5, 5.41) is 11.9. The van der Waals surface area contributed by atoms with Crippen LogP contribution in [0.3, 0.4) is 0 Å². The Morgan fingerprint density at radius 1 is 1.06 bits per heavy atom. The molecule has 0 unspecified atom stereocenters. The van der Waals surface area contributed by atoms with E-state index in [0.29, 0.717) is 46.9 Å². The minimum absolute atomic E-state index is 0.0795. The second-order valence-corrected chi connectivity index (χ2v) is 8.50. The summed E-state index contributed by atoms with van der Waals surface area (Å²) in [6.45, 7) is 0.308. The third-order valence-corrected chi connectivity index (χ3v) is 6.31. The van der Waals surface area contributed by atoms with Crippen molar-refractivity contribution < 1.29 is 38.4 Å². The molecule has 34 heavy (non-hydrogen) atoms. The van der Waals surface area contributed by atoms with Crippen LogP contribution in [0.5, 0.6) is 17.2 Å². The SMILES string of the molecule is CN1C(=O)c2cc(NC(=O)c3ccc4c(c3)OCO4)ccc2OC[C@H]2O[C@@H](CC(=O)O)CC[C@H]21. The lowest BCUT2D eigenvalue weighted by Gasteiger charge is -2.42. The Hall–Kier alpha value is -3.79. The summed E-state index contributed by atoms with van der Waals surface area (Å²) in [4.78, 5) is 38.7. The predicted octanol–water partition coefficient (Wildman–Crippen LogP) is 2.52. The van der Waals surface area contributed by atoms with Crippen LogP contribution in [0.25, 0.3) is 0 Å². The lowest BCUT2D eigenvalue weighted by molar-refractivity contribution is -0.148. The zero-order valence-electron chi connectivity index (χ0n) is 18.5. The number of benzene rings is 2. The third kappa shape index (κ3) is 4.24. The van der Waals surface area contributed by atoms with Crippen molar-refractivity contribution >= 4 is 23.5 Å². The number of amides is 2. The number of rotatable bonds is 4. The molecule has 2 N–H and O–H groups in total. The smallest absolute Gasteiger partial charge is 0.305 e. The zero-order valence-corrected chi connectivity index (χ0v) is 18.5. The Kier molecular flexibility index (Phi) is 5.74. The Morgan fingerprint density at radius 2 is 1.85 bits per heavy atom. The molecule has 10 heteroatoms. The van der Waals surface area contributed by atoms with Gasteiger partial charge in [0.2, 0.25) is 6.79 Å². The highest BCUT2D eigenvalue weighted by molar-refractivity contribution is 6.06. The van der Waals surface area contributed by atoms with Gasteiger partial charge in [-0.25, -0.2) is 0 Å². The van der Waals surface area contributed by atoms with Crippen LogP contribution in [0.1, 0.15) is 40.0 Å². The first-order valence-electron chi connectivity index (χ1n) is 11.0. The number of hydrogen-bond donors (Lipinski definition) is 2. The highest BCUT2D eigenvalue weighted by Gasteiger charge is 2.39. The van der Waals surface area contributed by atoms with Crippen molar-refractivity contribution in [1.82, 2.24) is 4.90 Å². The Morgan fingerprint density at radius 3 is 2.68 bits per heavy atom. The first kappa shape index (κ1) is 22.0. The summed E-state index contributed by atoms with van der Waals surface area (Å²) in [7, 11) is 1.70. The number of ether oxygens (including phenoxy) is 4. The molecule has 3 atom stereocenters. The Balaban J connectivity index is 1.34. The van der Waals surface area contributed by atoms with Crippen LogP contribution in [-0.2, 0) is 9.53 Å². The van der Waals surface area contributed by atoms with Crippen LogP contribution in [0.2, 0.25) is 0 Å². The molecule has 178 valence electrons. The third-order valence-electron chi connectivity index (χ3n) is 6.31. The summed E-state index contributed by atoms with van der Waals surface area (Å²) in [6.07, 6.45) is 0.251. The number of carboxylic acids is 1. The van der Waals surface area contributed by atoms with Crippen molar-refractivity contribution in [3.8, 4) is 17.2 Å². The first-order valence-corrected chi connectivity index (χ1v) is 11.0. The van der Waals surface area contributed by atoms with Gasteiger partial charge in [0, 0.05) is 18.3 Å². The molecule has 2 aromatic rings. The fraction of sp³-hybridized carbons (Fsp3) is 0.375. The molecule has 2 aromatic carbocycles. The first-order chi connectivity index (χ1) is 16.4. The molecule has 1 saturated heterocycles. The molecule has 10 nitrogen and oxygen atoms in total. The Labute approximate surface area is 195 Å². The molecule has 0 bridgehead atoms. The van der Waals surface area contributed by atoms with E-state index in [1.54, 1.807) is 48.3 Å². The zero-order chi connectivity index (χ0) is 23.8. The van der Waals surface area contributed by atoms with Gasteiger partial charge in [0.25, 0.3) is 11.8 Å². The van der Waals surface area contributed by atoms with Crippen LogP contribution in [-0.4, -0.2) is 66.5 Å². The maximum absolute atomic E-state index is 13.3. The minimum atomic E-state index is -0.916. The van der Waals surface area contributed by atoms with Gasteiger partial charge in [-0.3, -0.25) is 14.4 Å². The van der Waals surface area contributed by atoms with Crippen LogP contribution in [0.4, 0.5) is 5.69 Å². The molecule has 3 aliphatic heterocycles. The highest BCUT2D eigenvalue weighted by Crippen LogP contribution is 2.34. The molecule has 0 aromatic heterocycles. The molecular formula is C24H24N2O8. The number of nitrogens with one attached hydrogen (secondary N) is 1. The molecule has 3 aliphatic rings. The molecule has 1 fully saturated rings. The normalized spacial score (nSPS) is 23.1. The number of anilines is 1. The van der Waals surface area contributed by atoms with E-state index >= 15 is 0 Å². The summed E-state index contributed by atoms with van der Waals surface area (Å²) in [5.41, 5.74) is 1.18. The lowest BCUT2D eigenvalue weighted by Crippen LogP contribution is -2.53. The summed E-state index contributed by atoms with van der Waals surface area (Å²) < 4.78 is 22.5. The van der Waals surface area contributed by atoms with Gasteiger partial charge < -0.3 is 34.3 Å². The number of carboxylic acid groups (broad SMARTS) is 1. The molecule has 0 aliphatic carbocycles. The summed E-state index contributed by atoms with van der Waals surface area (Å²) in [5.74, 6) is -0.0607. The minimum Gasteiger partial charge on any atom is -0.490 e. The van der Waals surface area contributed by atoms with E-state index in [-0.39, 0.29) is 37.7 Å². The lowest BCUT2D eigenvalue weighted by atomic mass is 9.94. The van der Waals surface area contributed by atoms with Crippen molar-refractivity contribution in [2.75, 3.05) is 25.8 Å². The van der Waals surface area contributed by atoms with Crippen LogP contribution < -0.4 is 19.5 Å². The van der Waals surface area contributed by atoms with E-state index in [2.05, 4.69) is 5.32 Å². The number of fused-ring (bicyclic) bond motifs is 3. The monoisotopic (exact) mass is 468 g/mol. The van der Waals surface area contributed by atoms with Gasteiger partial charge in [0.15, 0.2) is 11.5 Å².